The third kappa shape index (κ3) is 26.2. The van der Waals surface area contributed by atoms with Gasteiger partial charge in [0.1, 0.15) is 0 Å². The predicted molar refractivity (Wildman–Crippen MR) is 87.7 cm³/mol. The summed E-state index contributed by atoms with van der Waals surface area (Å²) >= 11 is 2.17. The molecule has 2 heteroatoms. The summed E-state index contributed by atoms with van der Waals surface area (Å²) in [6.45, 7) is 6.12. The molecule has 0 aromatic rings. The average Bonchev–Trinajstić information content (AvgIpc) is 2.32. The largest absolute Gasteiger partial charge is 0.393 e. The van der Waals surface area contributed by atoms with Crippen molar-refractivity contribution < 1.29 is 5.11 Å². The summed E-state index contributed by atoms with van der Waals surface area (Å²) in [7, 11) is 0. The Balaban J connectivity index is 0. The van der Waals surface area contributed by atoms with Gasteiger partial charge in [0, 0.05) is 0 Å². The van der Waals surface area contributed by atoms with Crippen molar-refractivity contribution in [2.45, 2.75) is 84.7 Å². The molecular weight excluding hydrogens is 323 g/mol. The second-order valence-corrected chi connectivity index (χ2v) is 5.29. The van der Waals surface area contributed by atoms with Gasteiger partial charge in [-0.3, -0.25) is 0 Å². The number of hydrogen-bond donors (Lipinski definition) is 1. The normalized spacial score (nSPS) is 12.3. The van der Waals surface area contributed by atoms with Gasteiger partial charge in [-0.15, -0.1) is 0 Å². The van der Waals surface area contributed by atoms with Crippen LogP contribution in [0.2, 0.25) is 0 Å². The Morgan fingerprint density at radius 1 is 1.00 bits per heavy atom. The molecular formula is C15H31IO. The van der Waals surface area contributed by atoms with Crippen LogP contribution in [0.1, 0.15) is 78.6 Å². The van der Waals surface area contributed by atoms with Gasteiger partial charge in [-0.2, -0.15) is 0 Å². The Morgan fingerprint density at radius 2 is 1.41 bits per heavy atom. The Kier molecular flexibility index (Phi) is 21.8. The number of halogens is 1. The maximum absolute atomic E-state index is 9.03. The summed E-state index contributed by atoms with van der Waals surface area (Å²) in [5.74, 6) is 0. The zero-order chi connectivity index (χ0) is 13.4. The first-order valence-corrected chi connectivity index (χ1v) is 8.33. The molecule has 0 bridgehead atoms. The van der Waals surface area contributed by atoms with Gasteiger partial charge in [0.25, 0.3) is 0 Å². The molecule has 0 heterocycles. The number of rotatable bonds is 9. The molecule has 0 aromatic heterocycles. The molecule has 0 saturated carbocycles. The molecule has 0 saturated heterocycles. The summed E-state index contributed by atoms with van der Waals surface area (Å²) in [4.78, 5) is 0. The summed E-state index contributed by atoms with van der Waals surface area (Å²) in [6.07, 6.45) is 13.7. The first kappa shape index (κ1) is 19.8. The van der Waals surface area contributed by atoms with E-state index in [1.54, 1.807) is 0 Å². The molecule has 1 nitrogen and oxygen atoms in total. The Bertz CT molecular complexity index is 140. The van der Waals surface area contributed by atoms with E-state index < -0.39 is 0 Å². The van der Waals surface area contributed by atoms with E-state index in [2.05, 4.69) is 29.5 Å². The lowest BCUT2D eigenvalue weighted by Gasteiger charge is -2.03. The van der Waals surface area contributed by atoms with Gasteiger partial charge in [0.05, 0.1) is 6.10 Å². The first-order chi connectivity index (χ1) is 8.18. The van der Waals surface area contributed by atoms with Gasteiger partial charge in [-0.25, -0.2) is 0 Å². The van der Waals surface area contributed by atoms with Crippen molar-refractivity contribution in [3.05, 3.63) is 10.2 Å². The lowest BCUT2D eigenvalue weighted by Crippen LogP contribution is -1.98. The van der Waals surface area contributed by atoms with Crippen LogP contribution in [-0.2, 0) is 0 Å². The minimum absolute atomic E-state index is 0.0971. The fourth-order valence-corrected chi connectivity index (χ4v) is 1.57. The smallest absolute Gasteiger partial charge is 0.0512 e. The molecule has 104 valence electrons. The minimum Gasteiger partial charge on any atom is -0.393 e. The van der Waals surface area contributed by atoms with E-state index in [4.69, 9.17) is 5.11 Å². The van der Waals surface area contributed by atoms with E-state index in [0.717, 1.165) is 6.42 Å². The summed E-state index contributed by atoms with van der Waals surface area (Å²) in [6, 6.07) is 0. The molecule has 0 radical (unpaired) electrons. The number of allylic oxidation sites excluding steroid dienone is 1. The number of hydrogen-bond acceptors (Lipinski definition) is 1. The monoisotopic (exact) mass is 354 g/mol. The van der Waals surface area contributed by atoms with Crippen LogP contribution in [0.4, 0.5) is 0 Å². The summed E-state index contributed by atoms with van der Waals surface area (Å²) in [5.41, 5.74) is 0. The summed E-state index contributed by atoms with van der Waals surface area (Å²) < 4.78 is 1.97. The topological polar surface area (TPSA) is 20.2 Å². The molecule has 0 amide bonds. The SMILES string of the molecule is C/C=C/I.CCCCCCCCCCC(C)O. The molecule has 0 aliphatic heterocycles. The van der Waals surface area contributed by atoms with Gasteiger partial charge < -0.3 is 5.11 Å². The highest BCUT2D eigenvalue weighted by atomic mass is 127. The molecule has 0 fully saturated rings. The maximum atomic E-state index is 9.03. The van der Waals surface area contributed by atoms with Crippen molar-refractivity contribution in [2.75, 3.05) is 0 Å². The van der Waals surface area contributed by atoms with Gasteiger partial charge >= 0.3 is 0 Å². The van der Waals surface area contributed by atoms with Crippen LogP contribution >= 0.6 is 22.6 Å². The average molecular weight is 354 g/mol. The molecule has 1 atom stereocenters. The van der Waals surface area contributed by atoms with Crippen LogP contribution in [0.5, 0.6) is 0 Å². The number of aliphatic hydroxyl groups is 1. The van der Waals surface area contributed by atoms with Crippen LogP contribution in [-0.4, -0.2) is 11.2 Å². The second-order valence-electron chi connectivity index (χ2n) is 4.57. The lowest BCUT2D eigenvalue weighted by molar-refractivity contribution is 0.180. The lowest BCUT2D eigenvalue weighted by atomic mass is 10.1. The van der Waals surface area contributed by atoms with Crippen LogP contribution < -0.4 is 0 Å². The van der Waals surface area contributed by atoms with E-state index in [9.17, 15) is 0 Å². The van der Waals surface area contributed by atoms with Crippen molar-refractivity contribution in [1.29, 1.82) is 0 Å². The third-order valence-corrected chi connectivity index (χ3v) is 3.32. The molecule has 0 rings (SSSR count). The van der Waals surface area contributed by atoms with E-state index in [-0.39, 0.29) is 6.10 Å². The Hall–Kier alpha value is 0.430. The van der Waals surface area contributed by atoms with Crippen LogP contribution in [0, 0.1) is 0 Å². The van der Waals surface area contributed by atoms with Crippen molar-refractivity contribution in [1.82, 2.24) is 0 Å². The third-order valence-electron chi connectivity index (χ3n) is 2.60. The van der Waals surface area contributed by atoms with Crippen molar-refractivity contribution >= 4 is 22.6 Å². The molecule has 0 aromatic carbocycles. The standard InChI is InChI=1S/C12H26O.C3H5I/c1-3-4-5-6-7-8-9-10-11-12(2)13;1-2-3-4/h12-13H,3-11H2,1-2H3;2-3H,1H3/b;3-2+. The van der Waals surface area contributed by atoms with E-state index in [1.165, 1.54) is 51.4 Å². The van der Waals surface area contributed by atoms with E-state index in [0.29, 0.717) is 0 Å². The minimum atomic E-state index is -0.0971. The Morgan fingerprint density at radius 3 is 1.76 bits per heavy atom. The van der Waals surface area contributed by atoms with Gasteiger partial charge in [0.15, 0.2) is 0 Å². The fourth-order valence-electron chi connectivity index (χ4n) is 1.57. The highest BCUT2D eigenvalue weighted by Gasteiger charge is 1.95. The van der Waals surface area contributed by atoms with Crippen LogP contribution in [0.15, 0.2) is 10.2 Å². The van der Waals surface area contributed by atoms with Crippen LogP contribution in [0.3, 0.4) is 0 Å². The fraction of sp³-hybridized carbons (Fsp3) is 0.867. The molecule has 17 heavy (non-hydrogen) atoms. The highest BCUT2D eigenvalue weighted by molar-refractivity contribution is 14.1. The number of aliphatic hydroxyl groups excluding tert-OH is 1. The van der Waals surface area contributed by atoms with E-state index >= 15 is 0 Å². The van der Waals surface area contributed by atoms with E-state index in [1.807, 2.05) is 24.0 Å². The van der Waals surface area contributed by atoms with Crippen molar-refractivity contribution in [3.63, 3.8) is 0 Å². The predicted octanol–water partition coefficient (Wildman–Crippen LogP) is 5.85. The molecule has 0 spiro atoms. The summed E-state index contributed by atoms with van der Waals surface area (Å²) in [5, 5.41) is 9.03. The van der Waals surface area contributed by atoms with Crippen molar-refractivity contribution in [2.24, 2.45) is 0 Å². The zero-order valence-electron chi connectivity index (χ0n) is 11.9. The quantitative estimate of drug-likeness (QED) is 0.407. The van der Waals surface area contributed by atoms with Gasteiger partial charge in [-0.1, -0.05) is 87.0 Å². The van der Waals surface area contributed by atoms with Gasteiger partial charge in [-0.05, 0) is 24.4 Å². The second kappa shape index (κ2) is 18.8. The first-order valence-electron chi connectivity index (χ1n) is 7.08. The molecule has 0 aliphatic rings. The van der Waals surface area contributed by atoms with Gasteiger partial charge in [0.2, 0.25) is 0 Å². The molecule has 0 aliphatic carbocycles. The van der Waals surface area contributed by atoms with Crippen LogP contribution in [0.25, 0.3) is 0 Å². The highest BCUT2D eigenvalue weighted by Crippen LogP contribution is 2.10. The molecule has 1 N–H and O–H groups in total. The molecule has 1 unspecified atom stereocenters. The maximum Gasteiger partial charge on any atom is 0.0512 e. The Labute approximate surface area is 122 Å². The zero-order valence-corrected chi connectivity index (χ0v) is 14.1. The van der Waals surface area contributed by atoms with Crippen molar-refractivity contribution in [3.8, 4) is 0 Å². The number of unbranched alkanes of at least 4 members (excludes halogenated alkanes) is 7.